The number of hydrogen-bond acceptors (Lipinski definition) is 6. The van der Waals surface area contributed by atoms with Crippen LogP contribution < -0.4 is 10.6 Å². The Hall–Kier alpha value is -2.85. The number of allylic oxidation sites excluding steroid dienone is 2. The number of aromatic nitrogens is 1. The summed E-state index contributed by atoms with van der Waals surface area (Å²) in [4.78, 5) is 42.3. The first-order chi connectivity index (χ1) is 17.7. The summed E-state index contributed by atoms with van der Waals surface area (Å²) in [6.07, 6.45) is 4.36. The van der Waals surface area contributed by atoms with Crippen molar-refractivity contribution in [2.45, 2.75) is 29.9 Å². The molecule has 0 radical (unpaired) electrons. The van der Waals surface area contributed by atoms with Gasteiger partial charge in [-0.05, 0) is 50.1 Å². The number of anilines is 2. The van der Waals surface area contributed by atoms with Crippen LogP contribution in [0.5, 0.6) is 0 Å². The SMILES string of the molecule is CC(Sc1cccc(NC(=O)C2CC=CCC2C(=O)O)c1)C(=O)Nc1nc(-c2ccc(Cl)c(Cl)c2)cs1. The molecule has 1 aromatic heterocycles. The first-order valence-corrected chi connectivity index (χ1v) is 13.9. The highest BCUT2D eigenvalue weighted by atomic mass is 35.5. The van der Waals surface area contributed by atoms with Crippen LogP contribution in [-0.4, -0.2) is 33.1 Å². The number of carboxylic acid groups (broad SMARTS) is 1. The smallest absolute Gasteiger partial charge is 0.307 e. The van der Waals surface area contributed by atoms with E-state index in [0.29, 0.717) is 39.4 Å². The van der Waals surface area contributed by atoms with Gasteiger partial charge in [-0.1, -0.05) is 47.5 Å². The van der Waals surface area contributed by atoms with E-state index in [1.54, 1.807) is 43.3 Å². The van der Waals surface area contributed by atoms with E-state index in [1.165, 1.54) is 23.1 Å². The lowest BCUT2D eigenvalue weighted by atomic mass is 9.82. The van der Waals surface area contributed by atoms with Crippen molar-refractivity contribution < 1.29 is 19.5 Å². The highest BCUT2D eigenvalue weighted by Gasteiger charge is 2.34. The van der Waals surface area contributed by atoms with Crippen LogP contribution >= 0.6 is 46.3 Å². The van der Waals surface area contributed by atoms with Gasteiger partial charge in [-0.15, -0.1) is 23.1 Å². The minimum absolute atomic E-state index is 0.215. The van der Waals surface area contributed by atoms with Gasteiger partial charge in [0, 0.05) is 21.5 Å². The van der Waals surface area contributed by atoms with E-state index in [4.69, 9.17) is 23.2 Å². The Bertz CT molecular complexity index is 1360. The van der Waals surface area contributed by atoms with Gasteiger partial charge in [0.05, 0.1) is 32.8 Å². The molecule has 7 nitrogen and oxygen atoms in total. The molecule has 11 heteroatoms. The number of nitrogens with one attached hydrogen (secondary N) is 2. The molecule has 0 saturated heterocycles. The number of thioether (sulfide) groups is 1. The molecule has 1 aliphatic carbocycles. The Morgan fingerprint density at radius 3 is 2.54 bits per heavy atom. The van der Waals surface area contributed by atoms with Crippen molar-refractivity contribution in [3.63, 3.8) is 0 Å². The normalized spacial score (nSPS) is 17.7. The maximum atomic E-state index is 12.8. The molecule has 1 heterocycles. The number of rotatable bonds is 8. The lowest BCUT2D eigenvalue weighted by Gasteiger charge is -2.24. The van der Waals surface area contributed by atoms with Gasteiger partial charge in [-0.3, -0.25) is 14.4 Å². The molecular formula is C26H23Cl2N3O4S2. The van der Waals surface area contributed by atoms with Crippen LogP contribution in [-0.2, 0) is 14.4 Å². The number of nitrogens with zero attached hydrogens (tertiary/aromatic N) is 1. The summed E-state index contributed by atoms with van der Waals surface area (Å²) >= 11 is 14.7. The highest BCUT2D eigenvalue weighted by molar-refractivity contribution is 8.00. The number of carbonyl (C=O) groups excluding carboxylic acids is 2. The maximum Gasteiger partial charge on any atom is 0.307 e. The number of carboxylic acids is 1. The van der Waals surface area contributed by atoms with E-state index in [1.807, 2.05) is 23.6 Å². The quantitative estimate of drug-likeness (QED) is 0.200. The minimum Gasteiger partial charge on any atom is -0.481 e. The summed E-state index contributed by atoms with van der Waals surface area (Å²) in [7, 11) is 0. The van der Waals surface area contributed by atoms with Gasteiger partial charge < -0.3 is 15.7 Å². The second-order valence-electron chi connectivity index (χ2n) is 8.43. The van der Waals surface area contributed by atoms with Gasteiger partial charge in [0.15, 0.2) is 5.13 Å². The van der Waals surface area contributed by atoms with Gasteiger partial charge in [-0.25, -0.2) is 4.98 Å². The van der Waals surface area contributed by atoms with Crippen LogP contribution in [0, 0.1) is 11.8 Å². The number of halogens is 2. The summed E-state index contributed by atoms with van der Waals surface area (Å²) in [5, 5.41) is 17.8. The molecule has 0 fully saturated rings. The third-order valence-corrected chi connectivity index (χ3v) is 8.41. The standard InChI is InChI=1S/C26H23Cl2N3O4S2/c1-14(23(32)31-26-30-22(13-36-26)15-9-10-20(27)21(28)11-15)37-17-6-4-5-16(12-17)29-24(33)18-7-2-3-8-19(18)25(34)35/h2-6,9-14,18-19H,7-8H2,1H3,(H,29,33)(H,34,35)(H,30,31,32). The lowest BCUT2D eigenvalue weighted by Crippen LogP contribution is -2.34. The lowest BCUT2D eigenvalue weighted by molar-refractivity contribution is -0.146. The highest BCUT2D eigenvalue weighted by Crippen LogP contribution is 2.32. The average molecular weight is 577 g/mol. The van der Waals surface area contributed by atoms with Crippen LogP contribution in [0.2, 0.25) is 10.0 Å². The van der Waals surface area contributed by atoms with E-state index in [9.17, 15) is 19.5 Å². The number of thiazole rings is 1. The Labute approximate surface area is 232 Å². The third kappa shape index (κ3) is 6.93. The summed E-state index contributed by atoms with van der Waals surface area (Å²) in [6, 6.07) is 12.4. The number of carbonyl (C=O) groups is 3. The predicted octanol–water partition coefficient (Wildman–Crippen LogP) is 6.84. The molecule has 1 aliphatic rings. The molecular weight excluding hydrogens is 553 g/mol. The summed E-state index contributed by atoms with van der Waals surface area (Å²) in [6.45, 7) is 1.78. The summed E-state index contributed by atoms with van der Waals surface area (Å²) < 4.78 is 0. The summed E-state index contributed by atoms with van der Waals surface area (Å²) in [5.74, 6) is -2.89. The van der Waals surface area contributed by atoms with E-state index in [0.717, 1.165) is 10.5 Å². The van der Waals surface area contributed by atoms with Crippen molar-refractivity contribution in [1.29, 1.82) is 0 Å². The molecule has 37 heavy (non-hydrogen) atoms. The first kappa shape index (κ1) is 27.2. The number of benzene rings is 2. The topological polar surface area (TPSA) is 108 Å². The largest absolute Gasteiger partial charge is 0.481 e. The van der Waals surface area contributed by atoms with Gasteiger partial charge >= 0.3 is 5.97 Å². The Kier molecular flexibility index (Phi) is 8.91. The maximum absolute atomic E-state index is 12.8. The average Bonchev–Trinajstić information content (AvgIpc) is 3.34. The molecule has 2 aromatic carbocycles. The van der Waals surface area contributed by atoms with Gasteiger partial charge in [0.2, 0.25) is 11.8 Å². The molecule has 0 saturated carbocycles. The fourth-order valence-electron chi connectivity index (χ4n) is 3.84. The van der Waals surface area contributed by atoms with Gasteiger partial charge in [0.1, 0.15) is 0 Å². The minimum atomic E-state index is -0.974. The number of aliphatic carboxylic acids is 1. The second kappa shape index (κ2) is 12.1. The van der Waals surface area contributed by atoms with Crippen molar-refractivity contribution in [3.8, 4) is 11.3 Å². The number of hydrogen-bond donors (Lipinski definition) is 3. The van der Waals surface area contributed by atoms with E-state index < -0.39 is 23.1 Å². The second-order valence-corrected chi connectivity index (χ2v) is 11.5. The molecule has 0 bridgehead atoms. The van der Waals surface area contributed by atoms with E-state index >= 15 is 0 Å². The van der Waals surface area contributed by atoms with Crippen LogP contribution in [0.25, 0.3) is 11.3 Å². The molecule has 2 amide bonds. The molecule has 4 rings (SSSR count). The zero-order valence-corrected chi connectivity index (χ0v) is 22.8. The molecule has 0 spiro atoms. The fraction of sp³-hybridized carbons (Fsp3) is 0.231. The molecule has 3 atom stereocenters. The molecule has 0 aliphatic heterocycles. The fourth-order valence-corrected chi connectivity index (χ4v) is 5.79. The van der Waals surface area contributed by atoms with Gasteiger partial charge in [-0.2, -0.15) is 0 Å². The molecule has 192 valence electrons. The Morgan fingerprint density at radius 2 is 1.81 bits per heavy atom. The van der Waals surface area contributed by atoms with E-state index in [2.05, 4.69) is 15.6 Å². The van der Waals surface area contributed by atoms with Crippen molar-refractivity contribution >= 4 is 74.9 Å². The van der Waals surface area contributed by atoms with Crippen LogP contribution in [0.15, 0.2) is 64.9 Å². The predicted molar refractivity (Wildman–Crippen MR) is 150 cm³/mol. The van der Waals surface area contributed by atoms with Crippen molar-refractivity contribution in [1.82, 2.24) is 4.98 Å². The Morgan fingerprint density at radius 1 is 1.05 bits per heavy atom. The van der Waals surface area contributed by atoms with Crippen LogP contribution in [0.3, 0.4) is 0 Å². The van der Waals surface area contributed by atoms with Crippen LogP contribution in [0.1, 0.15) is 19.8 Å². The molecule has 3 N–H and O–H groups in total. The van der Waals surface area contributed by atoms with Crippen molar-refractivity contribution in [3.05, 3.63) is 70.0 Å². The van der Waals surface area contributed by atoms with E-state index in [-0.39, 0.29) is 11.8 Å². The zero-order valence-electron chi connectivity index (χ0n) is 19.6. The van der Waals surface area contributed by atoms with Crippen LogP contribution in [0.4, 0.5) is 10.8 Å². The van der Waals surface area contributed by atoms with Gasteiger partial charge in [0.25, 0.3) is 0 Å². The van der Waals surface area contributed by atoms with Crippen molar-refractivity contribution in [2.24, 2.45) is 11.8 Å². The molecule has 3 aromatic rings. The number of amides is 2. The third-order valence-electron chi connectivity index (χ3n) is 5.82. The monoisotopic (exact) mass is 575 g/mol. The summed E-state index contributed by atoms with van der Waals surface area (Å²) in [5.41, 5.74) is 2.03. The first-order valence-electron chi connectivity index (χ1n) is 11.4. The Balaban J connectivity index is 1.36. The molecule has 3 unspecified atom stereocenters. The zero-order chi connectivity index (χ0) is 26.5. The van der Waals surface area contributed by atoms with Crippen molar-refractivity contribution in [2.75, 3.05) is 10.6 Å².